The van der Waals surface area contributed by atoms with Crippen molar-refractivity contribution >= 4 is 31.7 Å². The number of hydrogen-bond donors (Lipinski definition) is 1. The van der Waals surface area contributed by atoms with Crippen LogP contribution in [0.4, 0.5) is 0 Å². The third-order valence-corrected chi connectivity index (χ3v) is 5.56. The molecule has 4 aromatic rings. The van der Waals surface area contributed by atoms with E-state index in [1.54, 1.807) is 6.07 Å². The third-order valence-electron chi connectivity index (χ3n) is 4.71. The maximum Gasteiger partial charge on any atom is 0.294 e. The molecule has 0 saturated heterocycles. The topological polar surface area (TPSA) is 54.4 Å². The zero-order valence-electron chi connectivity index (χ0n) is 12.5. The molecule has 4 heteroatoms. The number of rotatable bonds is 1. The van der Waals surface area contributed by atoms with Crippen LogP contribution in [0.25, 0.3) is 43.8 Å². The van der Waals surface area contributed by atoms with Gasteiger partial charge in [-0.2, -0.15) is 8.42 Å². The first-order valence-electron chi connectivity index (χ1n) is 7.59. The normalized spacial score (nSPS) is 12.7. The maximum absolute atomic E-state index is 11.5. The lowest BCUT2D eigenvalue weighted by molar-refractivity contribution is 0.483. The van der Waals surface area contributed by atoms with Crippen LogP contribution in [0, 0.1) is 0 Å². The van der Waals surface area contributed by atoms with E-state index in [1.807, 2.05) is 6.07 Å². The first-order chi connectivity index (χ1) is 11.5. The summed E-state index contributed by atoms with van der Waals surface area (Å²) in [6, 6.07) is 21.5. The van der Waals surface area contributed by atoms with Crippen molar-refractivity contribution in [3.8, 4) is 22.3 Å². The second-order valence-corrected chi connectivity index (χ2v) is 7.58. The molecule has 0 saturated carbocycles. The van der Waals surface area contributed by atoms with Crippen molar-refractivity contribution in [1.29, 1.82) is 0 Å². The molecule has 0 unspecified atom stereocenters. The molecule has 0 spiro atoms. The summed E-state index contributed by atoms with van der Waals surface area (Å²) < 4.78 is 32.3. The second kappa shape index (κ2) is 4.44. The van der Waals surface area contributed by atoms with Crippen molar-refractivity contribution in [3.63, 3.8) is 0 Å². The van der Waals surface area contributed by atoms with Crippen LogP contribution in [0.15, 0.2) is 71.6 Å². The molecule has 3 aliphatic carbocycles. The SMILES string of the molecule is O=S(=O)(O)c1ccc2c3cc(cc2c1)-c1ccc2cc-3ccc2c1. The van der Waals surface area contributed by atoms with Crippen molar-refractivity contribution in [2.24, 2.45) is 0 Å². The molecule has 3 nitrogen and oxygen atoms in total. The van der Waals surface area contributed by atoms with Gasteiger partial charge in [0.25, 0.3) is 10.1 Å². The largest absolute Gasteiger partial charge is 0.294 e. The van der Waals surface area contributed by atoms with Crippen molar-refractivity contribution in [1.82, 2.24) is 0 Å². The summed E-state index contributed by atoms with van der Waals surface area (Å²) >= 11 is 0. The predicted octanol–water partition coefficient (Wildman–Crippen LogP) is 4.89. The average Bonchev–Trinajstić information content (AvgIpc) is 2.68. The van der Waals surface area contributed by atoms with Crippen LogP contribution < -0.4 is 0 Å². The molecule has 0 radical (unpaired) electrons. The summed E-state index contributed by atoms with van der Waals surface area (Å²) in [7, 11) is -4.22. The van der Waals surface area contributed by atoms with E-state index in [0.717, 1.165) is 33.0 Å². The van der Waals surface area contributed by atoms with Gasteiger partial charge in [0.1, 0.15) is 0 Å². The molecule has 0 atom stereocenters. The van der Waals surface area contributed by atoms with E-state index in [-0.39, 0.29) is 4.90 Å². The van der Waals surface area contributed by atoms with Crippen LogP contribution in [0.3, 0.4) is 0 Å². The molecule has 6 bridgehead atoms. The highest BCUT2D eigenvalue weighted by molar-refractivity contribution is 7.85. The predicted molar refractivity (Wildman–Crippen MR) is 95.7 cm³/mol. The van der Waals surface area contributed by atoms with Crippen LogP contribution in [0.1, 0.15) is 0 Å². The Bertz CT molecular complexity index is 1270. The Labute approximate surface area is 138 Å². The molecule has 0 fully saturated rings. The van der Waals surface area contributed by atoms with E-state index >= 15 is 0 Å². The minimum Gasteiger partial charge on any atom is -0.282 e. The summed E-state index contributed by atoms with van der Waals surface area (Å²) in [6.07, 6.45) is 0. The lowest BCUT2D eigenvalue weighted by atomic mass is 9.95. The van der Waals surface area contributed by atoms with Gasteiger partial charge in [0, 0.05) is 0 Å². The van der Waals surface area contributed by atoms with Gasteiger partial charge in [-0.25, -0.2) is 0 Å². The number of benzene rings is 4. The Balaban J connectivity index is 1.97. The molecular weight excluding hydrogens is 320 g/mol. The molecule has 0 heterocycles. The highest BCUT2D eigenvalue weighted by atomic mass is 32.2. The van der Waals surface area contributed by atoms with E-state index < -0.39 is 10.1 Å². The standard InChI is InChI=1S/C20H12O3S/c21-24(22,23)18-5-6-19-17(10-18)9-16-11-20(19)15-4-3-12-7-14(16)2-1-13(12)8-15/h1-11H,(H,21,22,23). The summed E-state index contributed by atoms with van der Waals surface area (Å²) in [5.41, 5.74) is 4.29. The molecule has 1 N–H and O–H groups in total. The monoisotopic (exact) mass is 332 g/mol. The Hall–Kier alpha value is -2.69. The van der Waals surface area contributed by atoms with Gasteiger partial charge in [-0.1, -0.05) is 30.3 Å². The number of fused-ring (bicyclic) bond motifs is 3. The fourth-order valence-electron chi connectivity index (χ4n) is 3.51. The second-order valence-electron chi connectivity index (χ2n) is 6.16. The first kappa shape index (κ1) is 13.7. The molecule has 116 valence electrons. The molecule has 7 rings (SSSR count). The molecule has 0 aliphatic heterocycles. The Morgan fingerprint density at radius 1 is 0.625 bits per heavy atom. The van der Waals surface area contributed by atoms with Gasteiger partial charge in [-0.05, 0) is 80.2 Å². The number of hydrogen-bond acceptors (Lipinski definition) is 2. The molecule has 0 amide bonds. The van der Waals surface area contributed by atoms with Crippen LogP contribution in [-0.4, -0.2) is 13.0 Å². The third kappa shape index (κ3) is 1.90. The van der Waals surface area contributed by atoms with E-state index in [2.05, 4.69) is 42.5 Å². The Morgan fingerprint density at radius 3 is 2.04 bits per heavy atom. The Morgan fingerprint density at radius 2 is 1.29 bits per heavy atom. The van der Waals surface area contributed by atoms with Crippen molar-refractivity contribution in [2.45, 2.75) is 4.90 Å². The summed E-state index contributed by atoms with van der Waals surface area (Å²) in [5.74, 6) is 0. The van der Waals surface area contributed by atoms with Gasteiger partial charge >= 0.3 is 0 Å². The van der Waals surface area contributed by atoms with E-state index in [4.69, 9.17) is 0 Å². The van der Waals surface area contributed by atoms with Crippen molar-refractivity contribution in [2.75, 3.05) is 0 Å². The average molecular weight is 332 g/mol. The van der Waals surface area contributed by atoms with Crippen molar-refractivity contribution < 1.29 is 13.0 Å². The zero-order chi connectivity index (χ0) is 16.5. The van der Waals surface area contributed by atoms with Crippen molar-refractivity contribution in [3.05, 3.63) is 66.7 Å². The Kier molecular flexibility index (Phi) is 2.54. The molecule has 0 aromatic heterocycles. The lowest BCUT2D eigenvalue weighted by Crippen LogP contribution is -1.97. The summed E-state index contributed by atoms with van der Waals surface area (Å²) in [4.78, 5) is -0.0839. The highest BCUT2D eigenvalue weighted by Crippen LogP contribution is 2.39. The molecule has 3 aliphatic rings. The van der Waals surface area contributed by atoms with Crippen LogP contribution in [0.2, 0.25) is 0 Å². The zero-order valence-corrected chi connectivity index (χ0v) is 13.3. The van der Waals surface area contributed by atoms with Gasteiger partial charge in [0.05, 0.1) is 4.90 Å². The minimum atomic E-state index is -4.22. The smallest absolute Gasteiger partial charge is 0.282 e. The summed E-state index contributed by atoms with van der Waals surface area (Å²) in [5, 5.41) is 4.13. The molecule has 4 aromatic carbocycles. The van der Waals surface area contributed by atoms with Gasteiger partial charge in [0.15, 0.2) is 0 Å². The first-order valence-corrected chi connectivity index (χ1v) is 9.03. The van der Waals surface area contributed by atoms with Gasteiger partial charge in [-0.15, -0.1) is 0 Å². The van der Waals surface area contributed by atoms with E-state index in [1.165, 1.54) is 22.9 Å². The van der Waals surface area contributed by atoms with Crippen LogP contribution in [0.5, 0.6) is 0 Å². The minimum absolute atomic E-state index is 0.0839. The van der Waals surface area contributed by atoms with Gasteiger partial charge in [0.2, 0.25) is 0 Å². The van der Waals surface area contributed by atoms with E-state index in [0.29, 0.717) is 0 Å². The van der Waals surface area contributed by atoms with E-state index in [9.17, 15) is 13.0 Å². The maximum atomic E-state index is 11.5. The quantitative estimate of drug-likeness (QED) is 0.445. The van der Waals surface area contributed by atoms with Crippen LogP contribution in [-0.2, 0) is 10.1 Å². The van der Waals surface area contributed by atoms with Gasteiger partial charge < -0.3 is 0 Å². The molecule has 24 heavy (non-hydrogen) atoms. The molecular formula is C20H12O3S. The summed E-state index contributed by atoms with van der Waals surface area (Å²) in [6.45, 7) is 0. The highest BCUT2D eigenvalue weighted by Gasteiger charge is 2.15. The fourth-order valence-corrected chi connectivity index (χ4v) is 4.02. The fraction of sp³-hybridized carbons (Fsp3) is 0. The van der Waals surface area contributed by atoms with Gasteiger partial charge in [-0.3, -0.25) is 4.55 Å². The lowest BCUT2D eigenvalue weighted by Gasteiger charge is -2.10. The van der Waals surface area contributed by atoms with Crippen LogP contribution >= 0.6 is 0 Å².